The topological polar surface area (TPSA) is 111 Å². The largest absolute Gasteiger partial charge is 0.457 e. The standard InChI is InChI=1S/C30H27FN6O3/c1-18(38)26-16-22(11-13-33-26)40-21-8-10-25(23(31)15-21)34-29(39)35-28-17-27(30(2,3)4)36-37(28)20-7-9-24-19(14-20)6-5-12-32-24/h5-17H,1-4H3,(H2,34,35,39). The van der Waals surface area contributed by atoms with Gasteiger partial charge in [0.1, 0.15) is 28.8 Å². The Bertz CT molecular complexity index is 1740. The normalized spacial score (nSPS) is 11.3. The number of ether oxygens (including phenoxy) is 1. The number of nitrogens with one attached hydrogen (secondary N) is 2. The van der Waals surface area contributed by atoms with Crippen LogP contribution in [0.3, 0.4) is 0 Å². The molecule has 0 atom stereocenters. The molecule has 0 aliphatic carbocycles. The van der Waals surface area contributed by atoms with Crippen molar-refractivity contribution in [2.75, 3.05) is 10.6 Å². The number of urea groups is 1. The molecule has 5 aromatic rings. The van der Waals surface area contributed by atoms with Crippen molar-refractivity contribution in [3.8, 4) is 17.2 Å². The summed E-state index contributed by atoms with van der Waals surface area (Å²) in [6, 6.07) is 17.7. The Morgan fingerprint density at radius 2 is 1.70 bits per heavy atom. The van der Waals surface area contributed by atoms with Gasteiger partial charge in [0.15, 0.2) is 5.78 Å². The Morgan fingerprint density at radius 3 is 2.45 bits per heavy atom. The van der Waals surface area contributed by atoms with Crippen LogP contribution >= 0.6 is 0 Å². The number of rotatable bonds is 6. The number of nitrogens with zero attached hydrogens (tertiary/aromatic N) is 4. The molecule has 2 N–H and O–H groups in total. The minimum absolute atomic E-state index is 0.0390. The highest BCUT2D eigenvalue weighted by Gasteiger charge is 2.22. The van der Waals surface area contributed by atoms with E-state index in [4.69, 9.17) is 9.84 Å². The number of anilines is 2. The van der Waals surface area contributed by atoms with Gasteiger partial charge >= 0.3 is 6.03 Å². The van der Waals surface area contributed by atoms with Crippen molar-refractivity contribution >= 4 is 34.2 Å². The maximum atomic E-state index is 14.9. The molecule has 0 unspecified atom stereocenters. The summed E-state index contributed by atoms with van der Waals surface area (Å²) in [5, 5.41) is 11.0. The van der Waals surface area contributed by atoms with Gasteiger partial charge in [-0.2, -0.15) is 5.10 Å². The fourth-order valence-corrected chi connectivity index (χ4v) is 3.96. The molecule has 0 saturated heterocycles. The number of aromatic nitrogens is 4. The van der Waals surface area contributed by atoms with Gasteiger partial charge in [-0.15, -0.1) is 0 Å². The third-order valence-electron chi connectivity index (χ3n) is 6.07. The summed E-state index contributed by atoms with van der Waals surface area (Å²) in [5.41, 5.74) is 2.27. The molecule has 0 spiro atoms. The van der Waals surface area contributed by atoms with E-state index in [0.717, 1.165) is 28.4 Å². The summed E-state index contributed by atoms with van der Waals surface area (Å²) in [4.78, 5) is 32.8. The second-order valence-electron chi connectivity index (χ2n) is 10.2. The lowest BCUT2D eigenvalue weighted by atomic mass is 9.92. The number of hydrogen-bond donors (Lipinski definition) is 2. The smallest absolute Gasteiger partial charge is 0.324 e. The Kier molecular flexibility index (Phi) is 7.00. The van der Waals surface area contributed by atoms with E-state index in [-0.39, 0.29) is 28.3 Å². The molecule has 3 aromatic heterocycles. The lowest BCUT2D eigenvalue weighted by Gasteiger charge is -2.14. The summed E-state index contributed by atoms with van der Waals surface area (Å²) in [5.74, 6) is 0.0495. The molecular formula is C30H27FN6O3. The van der Waals surface area contributed by atoms with Gasteiger partial charge in [-0.05, 0) is 42.5 Å². The highest BCUT2D eigenvalue weighted by molar-refractivity contribution is 5.99. The number of hydrogen-bond acceptors (Lipinski definition) is 6. The van der Waals surface area contributed by atoms with E-state index in [2.05, 4.69) is 20.6 Å². The number of carbonyl (C=O) groups is 2. The summed E-state index contributed by atoms with van der Waals surface area (Å²) >= 11 is 0. The molecule has 0 radical (unpaired) electrons. The van der Waals surface area contributed by atoms with Crippen LogP contribution < -0.4 is 15.4 Å². The van der Waals surface area contributed by atoms with Gasteiger partial charge in [0.05, 0.1) is 22.6 Å². The molecule has 0 bridgehead atoms. The number of Topliss-reactive ketones (excluding diaryl/α,β-unsaturated/α-hetero) is 1. The highest BCUT2D eigenvalue weighted by Crippen LogP contribution is 2.29. The molecule has 5 rings (SSSR count). The zero-order valence-electron chi connectivity index (χ0n) is 22.4. The highest BCUT2D eigenvalue weighted by atomic mass is 19.1. The predicted octanol–water partition coefficient (Wildman–Crippen LogP) is 6.89. The minimum Gasteiger partial charge on any atom is -0.457 e. The lowest BCUT2D eigenvalue weighted by Crippen LogP contribution is -2.22. The van der Waals surface area contributed by atoms with Gasteiger partial charge in [-0.3, -0.25) is 20.1 Å². The van der Waals surface area contributed by atoms with Crippen LogP contribution in [-0.2, 0) is 5.41 Å². The average Bonchev–Trinajstić information content (AvgIpc) is 3.34. The summed E-state index contributed by atoms with van der Waals surface area (Å²) < 4.78 is 22.2. The van der Waals surface area contributed by atoms with Crippen LogP contribution in [0, 0.1) is 5.82 Å². The zero-order valence-corrected chi connectivity index (χ0v) is 22.4. The molecule has 2 amide bonds. The molecule has 0 saturated carbocycles. The van der Waals surface area contributed by atoms with E-state index in [1.165, 1.54) is 31.3 Å². The van der Waals surface area contributed by atoms with Gasteiger partial charge in [-0.25, -0.2) is 13.9 Å². The maximum absolute atomic E-state index is 14.9. The van der Waals surface area contributed by atoms with Crippen LogP contribution in [0.2, 0.25) is 0 Å². The van der Waals surface area contributed by atoms with Crippen LogP contribution in [0.1, 0.15) is 43.9 Å². The molecule has 0 fully saturated rings. The first-order valence-corrected chi connectivity index (χ1v) is 12.5. The number of carbonyl (C=O) groups excluding carboxylic acids is 2. The Balaban J connectivity index is 1.36. The first-order chi connectivity index (χ1) is 19.1. The van der Waals surface area contributed by atoms with Crippen molar-refractivity contribution < 1.29 is 18.7 Å². The lowest BCUT2D eigenvalue weighted by molar-refractivity contribution is 0.101. The molecule has 9 nitrogen and oxygen atoms in total. The van der Waals surface area contributed by atoms with E-state index >= 15 is 0 Å². The van der Waals surface area contributed by atoms with Gasteiger partial charge in [0.2, 0.25) is 0 Å². The predicted molar refractivity (Wildman–Crippen MR) is 151 cm³/mol. The third kappa shape index (κ3) is 5.80. The first kappa shape index (κ1) is 26.5. The van der Waals surface area contributed by atoms with E-state index in [1.807, 2.05) is 51.1 Å². The molecule has 2 aromatic carbocycles. The molecule has 40 heavy (non-hydrogen) atoms. The zero-order chi connectivity index (χ0) is 28.4. The molecule has 3 heterocycles. The molecule has 0 aliphatic heterocycles. The monoisotopic (exact) mass is 538 g/mol. The van der Waals surface area contributed by atoms with E-state index in [1.54, 1.807) is 23.0 Å². The average molecular weight is 539 g/mol. The van der Waals surface area contributed by atoms with E-state index < -0.39 is 11.8 Å². The van der Waals surface area contributed by atoms with Crippen LogP contribution in [0.4, 0.5) is 20.7 Å². The number of benzene rings is 2. The van der Waals surface area contributed by atoms with Crippen molar-refractivity contribution in [3.05, 3.63) is 96.3 Å². The van der Waals surface area contributed by atoms with E-state index in [0.29, 0.717) is 11.6 Å². The van der Waals surface area contributed by atoms with Gasteiger partial charge < -0.3 is 10.1 Å². The fourth-order valence-electron chi connectivity index (χ4n) is 3.96. The van der Waals surface area contributed by atoms with Crippen molar-refractivity contribution in [1.29, 1.82) is 0 Å². The fraction of sp³-hybridized carbons (Fsp3) is 0.167. The van der Waals surface area contributed by atoms with Crippen LogP contribution in [0.5, 0.6) is 11.5 Å². The van der Waals surface area contributed by atoms with Crippen molar-refractivity contribution in [1.82, 2.24) is 19.7 Å². The number of halogens is 1. The van der Waals surface area contributed by atoms with Crippen molar-refractivity contribution in [2.24, 2.45) is 0 Å². The first-order valence-electron chi connectivity index (χ1n) is 12.5. The van der Waals surface area contributed by atoms with Gasteiger partial charge in [0, 0.05) is 48.3 Å². The minimum atomic E-state index is -0.695. The quantitative estimate of drug-likeness (QED) is 0.228. The number of ketones is 1. The second-order valence-corrected chi connectivity index (χ2v) is 10.2. The van der Waals surface area contributed by atoms with E-state index in [9.17, 15) is 14.0 Å². The van der Waals surface area contributed by atoms with Crippen LogP contribution in [-0.4, -0.2) is 31.6 Å². The Hall–Kier alpha value is -5.12. The summed E-state index contributed by atoms with van der Waals surface area (Å²) in [6.07, 6.45) is 3.17. The van der Waals surface area contributed by atoms with Gasteiger partial charge in [-0.1, -0.05) is 26.8 Å². The summed E-state index contributed by atoms with van der Waals surface area (Å²) in [6.45, 7) is 7.48. The van der Waals surface area contributed by atoms with Crippen molar-refractivity contribution in [2.45, 2.75) is 33.1 Å². The van der Waals surface area contributed by atoms with Gasteiger partial charge in [0.25, 0.3) is 0 Å². The van der Waals surface area contributed by atoms with Crippen LogP contribution in [0.25, 0.3) is 16.6 Å². The summed E-state index contributed by atoms with van der Waals surface area (Å²) in [7, 11) is 0. The third-order valence-corrected chi connectivity index (χ3v) is 6.07. The second kappa shape index (κ2) is 10.6. The number of pyridine rings is 2. The van der Waals surface area contributed by atoms with Crippen LogP contribution in [0.15, 0.2) is 79.1 Å². The number of fused-ring (bicyclic) bond motifs is 1. The number of amides is 2. The Labute approximate surface area is 230 Å². The molecule has 202 valence electrons. The van der Waals surface area contributed by atoms with Crippen molar-refractivity contribution in [3.63, 3.8) is 0 Å². The SMILES string of the molecule is CC(=O)c1cc(Oc2ccc(NC(=O)Nc3cc(C(C)(C)C)nn3-c3ccc4ncccc4c3)c(F)c2)ccn1. The molecule has 10 heteroatoms. The molecule has 0 aliphatic rings. The maximum Gasteiger partial charge on any atom is 0.324 e. The Morgan fingerprint density at radius 1 is 0.900 bits per heavy atom. The molecular weight excluding hydrogens is 511 g/mol.